The molecular formula is C19H18F4N4O4. The lowest BCUT2D eigenvalue weighted by atomic mass is 10.1. The number of pyridine rings is 1. The Morgan fingerprint density at radius 2 is 1.74 bits per heavy atom. The molecule has 0 amide bonds. The van der Waals surface area contributed by atoms with Crippen LogP contribution in [0.3, 0.4) is 0 Å². The Hall–Kier alpha value is -3.25. The van der Waals surface area contributed by atoms with Gasteiger partial charge in [-0.05, 0) is 24.6 Å². The Morgan fingerprint density at radius 1 is 1.00 bits per heavy atom. The number of aliphatic hydroxyl groups excluding tert-OH is 2. The fraction of sp³-hybridized carbons (Fsp3) is 0.316. The van der Waals surface area contributed by atoms with E-state index in [0.717, 1.165) is 23.8 Å². The van der Waals surface area contributed by atoms with Gasteiger partial charge in [-0.15, -0.1) is 5.10 Å². The van der Waals surface area contributed by atoms with E-state index in [1.165, 1.54) is 0 Å². The number of aromatic nitrogens is 3. The number of rotatable bonds is 3. The third-order valence-electron chi connectivity index (χ3n) is 4.34. The lowest BCUT2D eigenvalue weighted by Crippen LogP contribution is -2.46. The quantitative estimate of drug-likeness (QED) is 0.597. The molecule has 12 heteroatoms. The van der Waals surface area contributed by atoms with Gasteiger partial charge in [0.05, 0.1) is 18.8 Å². The highest BCUT2D eigenvalue weighted by Gasteiger charge is 2.32. The zero-order valence-corrected chi connectivity index (χ0v) is 15.9. The topological polar surface area (TPSA) is 105 Å². The zero-order valence-electron chi connectivity index (χ0n) is 15.9. The number of hydrogen-bond acceptors (Lipinski definition) is 8. The Kier molecular flexibility index (Phi) is 7.02. The van der Waals surface area contributed by atoms with Crippen LogP contribution in [-0.4, -0.2) is 50.7 Å². The molecule has 1 aromatic carbocycles. The Balaban J connectivity index is 0.000000196. The summed E-state index contributed by atoms with van der Waals surface area (Å²) in [5.74, 6) is -0.249. The third kappa shape index (κ3) is 5.89. The van der Waals surface area contributed by atoms with Gasteiger partial charge in [0.1, 0.15) is 5.69 Å². The Bertz CT molecular complexity index is 971. The minimum absolute atomic E-state index is 0.303. The molecule has 0 spiro atoms. The molecule has 2 unspecified atom stereocenters. The van der Waals surface area contributed by atoms with Gasteiger partial charge < -0.3 is 19.5 Å². The number of benzene rings is 1. The molecule has 0 aliphatic carbocycles. The lowest BCUT2D eigenvalue weighted by Gasteiger charge is -2.31. The summed E-state index contributed by atoms with van der Waals surface area (Å²) in [6.07, 6.45) is -5.53. The van der Waals surface area contributed by atoms with Crippen molar-refractivity contribution >= 4 is 6.01 Å². The predicted octanol–water partition coefficient (Wildman–Crippen LogP) is 3.03. The van der Waals surface area contributed by atoms with Gasteiger partial charge in [0.2, 0.25) is 5.89 Å². The van der Waals surface area contributed by atoms with Gasteiger partial charge in [-0.1, -0.05) is 29.4 Å². The average molecular weight is 442 g/mol. The van der Waals surface area contributed by atoms with Crippen LogP contribution in [0.1, 0.15) is 12.1 Å². The van der Waals surface area contributed by atoms with E-state index in [9.17, 15) is 27.9 Å². The van der Waals surface area contributed by atoms with Gasteiger partial charge in [-0.2, -0.15) is 13.2 Å². The van der Waals surface area contributed by atoms with Crippen molar-refractivity contribution in [1.82, 2.24) is 15.2 Å². The van der Waals surface area contributed by atoms with Crippen molar-refractivity contribution in [3.8, 4) is 17.3 Å². The molecule has 166 valence electrons. The lowest BCUT2D eigenvalue weighted by molar-refractivity contribution is -0.142. The molecule has 3 heterocycles. The number of piperidine rings is 1. The molecule has 1 aliphatic rings. The van der Waals surface area contributed by atoms with E-state index >= 15 is 0 Å². The number of aliphatic hydroxyl groups is 2. The maximum Gasteiger partial charge on any atom is 0.433 e. The van der Waals surface area contributed by atoms with Crippen LogP contribution in [0, 0.1) is 0 Å². The molecule has 8 nitrogen and oxygen atoms in total. The fourth-order valence-corrected chi connectivity index (χ4v) is 2.75. The Labute approximate surface area is 173 Å². The summed E-state index contributed by atoms with van der Waals surface area (Å²) in [4.78, 5) is 7.67. The van der Waals surface area contributed by atoms with Crippen molar-refractivity contribution in [1.29, 1.82) is 0 Å². The minimum Gasteiger partial charge on any atom is -0.403 e. The van der Waals surface area contributed by atoms with Crippen LogP contribution in [0.5, 0.6) is 5.88 Å². The van der Waals surface area contributed by atoms with Crippen molar-refractivity contribution in [3.05, 3.63) is 54.2 Å². The molecule has 2 N–H and O–H groups in total. The molecule has 0 bridgehead atoms. The largest absolute Gasteiger partial charge is 0.433 e. The van der Waals surface area contributed by atoms with Crippen molar-refractivity contribution in [2.75, 3.05) is 18.0 Å². The van der Waals surface area contributed by atoms with Gasteiger partial charge in [0, 0.05) is 22.7 Å². The van der Waals surface area contributed by atoms with Gasteiger partial charge in [-0.25, -0.2) is 4.98 Å². The molecule has 2 aromatic heterocycles. The molecule has 31 heavy (non-hydrogen) atoms. The summed E-state index contributed by atoms with van der Waals surface area (Å²) in [5.41, 5.74) is -0.323. The maximum absolute atomic E-state index is 11.9. The van der Waals surface area contributed by atoms with Crippen molar-refractivity contribution in [2.45, 2.75) is 24.8 Å². The number of hydrogen-bond donors (Lipinski definition) is 2. The van der Waals surface area contributed by atoms with Crippen LogP contribution in [0.15, 0.2) is 52.9 Å². The first-order valence-electron chi connectivity index (χ1n) is 9.11. The van der Waals surface area contributed by atoms with Gasteiger partial charge >= 0.3 is 12.2 Å². The Morgan fingerprint density at radius 3 is 2.39 bits per heavy atom. The fourth-order valence-electron chi connectivity index (χ4n) is 2.75. The van der Waals surface area contributed by atoms with Crippen LogP contribution in [0.4, 0.5) is 23.7 Å². The highest BCUT2D eigenvalue weighted by Crippen LogP contribution is 2.28. The summed E-state index contributed by atoms with van der Waals surface area (Å²) in [7, 11) is 0. The first-order valence-corrected chi connectivity index (χ1v) is 9.11. The highest BCUT2D eigenvalue weighted by molar-refractivity contribution is 5.53. The first kappa shape index (κ1) is 22.4. The summed E-state index contributed by atoms with van der Waals surface area (Å²) < 4.78 is 52.6. The van der Waals surface area contributed by atoms with E-state index in [4.69, 9.17) is 4.42 Å². The van der Waals surface area contributed by atoms with E-state index < -0.39 is 30.0 Å². The predicted molar refractivity (Wildman–Crippen MR) is 99.6 cm³/mol. The minimum atomic E-state index is -4.57. The van der Waals surface area contributed by atoms with Gasteiger partial charge in [-0.3, -0.25) is 4.94 Å². The smallest absolute Gasteiger partial charge is 0.403 e. The van der Waals surface area contributed by atoms with E-state index in [1.54, 1.807) is 4.90 Å². The standard InChI is InChI=1S/C13H15N3O3.C6H3F4NO/c17-10-6-7-16(8-11(10)18)13-15-14-12(19-13)9-4-2-1-3-5-9;7-6(8,9)4-2-1-3-5(11-4)12-10/h1-5,10-11,17-18H,6-8H2;1-3H. The molecule has 1 saturated heterocycles. The van der Waals surface area contributed by atoms with Crippen molar-refractivity contribution in [3.63, 3.8) is 0 Å². The summed E-state index contributed by atoms with van der Waals surface area (Å²) in [6.45, 7) is 0.895. The molecule has 3 aromatic rings. The van der Waals surface area contributed by atoms with E-state index in [1.807, 2.05) is 30.3 Å². The van der Waals surface area contributed by atoms with Crippen LogP contribution in [-0.2, 0) is 6.18 Å². The third-order valence-corrected chi connectivity index (χ3v) is 4.34. The molecule has 4 rings (SSSR count). The number of nitrogens with zero attached hydrogens (tertiary/aromatic N) is 4. The normalized spacial score (nSPS) is 18.8. The SMILES string of the molecule is FOc1cccc(C(F)(F)F)n1.OC1CCN(c2nnc(-c3ccccc3)o2)CC1O. The van der Waals surface area contributed by atoms with Crippen molar-refractivity contribution < 1.29 is 37.3 Å². The van der Waals surface area contributed by atoms with Crippen LogP contribution in [0.2, 0.25) is 0 Å². The van der Waals surface area contributed by atoms with E-state index in [2.05, 4.69) is 20.1 Å². The zero-order chi connectivity index (χ0) is 22.4. The summed E-state index contributed by atoms with van der Waals surface area (Å²) in [5, 5.41) is 27.1. The van der Waals surface area contributed by atoms with Crippen molar-refractivity contribution in [2.24, 2.45) is 0 Å². The van der Waals surface area contributed by atoms with E-state index in [0.29, 0.717) is 31.4 Å². The second-order valence-corrected chi connectivity index (χ2v) is 6.56. The molecule has 0 saturated carbocycles. The van der Waals surface area contributed by atoms with Gasteiger partial charge in [0.15, 0.2) is 0 Å². The van der Waals surface area contributed by atoms with Crippen LogP contribution >= 0.6 is 0 Å². The molecular weight excluding hydrogens is 424 g/mol. The number of anilines is 1. The molecule has 0 radical (unpaired) electrons. The molecule has 2 atom stereocenters. The second-order valence-electron chi connectivity index (χ2n) is 6.56. The first-order chi connectivity index (χ1) is 14.8. The average Bonchev–Trinajstić information content (AvgIpc) is 3.26. The van der Waals surface area contributed by atoms with Crippen LogP contribution in [0.25, 0.3) is 11.5 Å². The maximum atomic E-state index is 11.9. The number of β-amino-alcohol motifs (C(OH)–C–C–N with tert-alkyl or cyclic N) is 1. The van der Waals surface area contributed by atoms with E-state index in [-0.39, 0.29) is 0 Å². The second kappa shape index (κ2) is 9.71. The summed E-state index contributed by atoms with van der Waals surface area (Å²) >= 11 is 0. The van der Waals surface area contributed by atoms with Gasteiger partial charge in [0.25, 0.3) is 5.88 Å². The van der Waals surface area contributed by atoms with Crippen LogP contribution < -0.4 is 9.84 Å². The summed E-state index contributed by atoms with van der Waals surface area (Å²) in [6, 6.07) is 12.6. The molecule has 1 fully saturated rings. The number of alkyl halides is 3. The monoisotopic (exact) mass is 442 g/mol. The number of halogens is 4. The highest BCUT2D eigenvalue weighted by atomic mass is 19.4. The molecule has 1 aliphatic heterocycles.